The number of nitrogens with zero attached hydrogens (tertiary/aromatic N) is 1. The third-order valence-electron chi connectivity index (χ3n) is 3.31. The monoisotopic (exact) mass is 256 g/mol. The number of carbonyl (C=O) groups excluding carboxylic acids is 2. The second-order valence-corrected chi connectivity index (χ2v) is 4.86. The maximum absolute atomic E-state index is 11.9. The van der Waals surface area contributed by atoms with E-state index in [0.29, 0.717) is 18.9 Å². The van der Waals surface area contributed by atoms with Gasteiger partial charge in [0.2, 0.25) is 11.8 Å². The summed E-state index contributed by atoms with van der Waals surface area (Å²) in [4.78, 5) is 24.6. The molecule has 18 heavy (non-hydrogen) atoms. The van der Waals surface area contributed by atoms with Gasteiger partial charge in [-0.25, -0.2) is 0 Å². The van der Waals surface area contributed by atoms with Crippen LogP contribution < -0.4 is 5.32 Å². The normalized spacial score (nSPS) is 19.7. The Morgan fingerprint density at radius 1 is 1.44 bits per heavy atom. The van der Waals surface area contributed by atoms with Gasteiger partial charge in [0.05, 0.1) is 0 Å². The molecule has 0 spiro atoms. The van der Waals surface area contributed by atoms with Gasteiger partial charge in [-0.1, -0.05) is 0 Å². The molecule has 0 aromatic carbocycles. The van der Waals surface area contributed by atoms with E-state index >= 15 is 0 Å². The summed E-state index contributed by atoms with van der Waals surface area (Å²) in [5.41, 5.74) is 0. The molecule has 0 unspecified atom stereocenters. The highest BCUT2D eigenvalue weighted by Crippen LogP contribution is 2.19. The van der Waals surface area contributed by atoms with E-state index in [0.717, 1.165) is 32.5 Å². The SMILES string of the molecule is COCC[C@H]1CCCN(C(=O)CCNC(C)=O)C1. The molecule has 1 aliphatic rings. The lowest BCUT2D eigenvalue weighted by atomic mass is 9.95. The van der Waals surface area contributed by atoms with Gasteiger partial charge in [-0.2, -0.15) is 0 Å². The Kier molecular flexibility index (Phi) is 6.72. The van der Waals surface area contributed by atoms with Crippen molar-refractivity contribution in [1.29, 1.82) is 0 Å². The van der Waals surface area contributed by atoms with Gasteiger partial charge in [-0.05, 0) is 25.2 Å². The minimum atomic E-state index is -0.0839. The summed E-state index contributed by atoms with van der Waals surface area (Å²) in [6, 6.07) is 0. The van der Waals surface area contributed by atoms with Crippen LogP contribution in [0.2, 0.25) is 0 Å². The Bertz CT molecular complexity index is 281. The maximum Gasteiger partial charge on any atom is 0.224 e. The minimum Gasteiger partial charge on any atom is -0.385 e. The summed E-state index contributed by atoms with van der Waals surface area (Å²) < 4.78 is 5.08. The van der Waals surface area contributed by atoms with Crippen LogP contribution >= 0.6 is 0 Å². The molecular formula is C13H24N2O3. The molecule has 0 bridgehead atoms. The van der Waals surface area contributed by atoms with Crippen LogP contribution in [0.25, 0.3) is 0 Å². The number of amides is 2. The predicted molar refractivity (Wildman–Crippen MR) is 69.1 cm³/mol. The number of hydrogen-bond acceptors (Lipinski definition) is 3. The van der Waals surface area contributed by atoms with Gasteiger partial charge in [0, 0.05) is 46.7 Å². The molecule has 1 rings (SSSR count). The van der Waals surface area contributed by atoms with Crippen molar-refractivity contribution in [1.82, 2.24) is 10.2 Å². The summed E-state index contributed by atoms with van der Waals surface area (Å²) >= 11 is 0. The van der Waals surface area contributed by atoms with E-state index < -0.39 is 0 Å². The van der Waals surface area contributed by atoms with Gasteiger partial charge in [-0.3, -0.25) is 9.59 Å². The molecule has 5 heteroatoms. The zero-order chi connectivity index (χ0) is 13.4. The van der Waals surface area contributed by atoms with Gasteiger partial charge >= 0.3 is 0 Å². The highest BCUT2D eigenvalue weighted by Gasteiger charge is 2.22. The van der Waals surface area contributed by atoms with Crippen LogP contribution in [0, 0.1) is 5.92 Å². The molecule has 1 saturated heterocycles. The molecule has 1 heterocycles. The van der Waals surface area contributed by atoms with Crippen LogP contribution in [0.4, 0.5) is 0 Å². The standard InChI is InChI=1S/C13H24N2O3/c1-11(16)14-7-5-13(17)15-8-3-4-12(10-15)6-9-18-2/h12H,3-10H2,1-2H3,(H,14,16)/t12-/m1/s1. The number of ether oxygens (including phenoxy) is 1. The van der Waals surface area contributed by atoms with Crippen molar-refractivity contribution >= 4 is 11.8 Å². The van der Waals surface area contributed by atoms with Crippen LogP contribution in [0.5, 0.6) is 0 Å². The number of nitrogens with one attached hydrogen (secondary N) is 1. The predicted octanol–water partition coefficient (Wildman–Crippen LogP) is 0.788. The Hall–Kier alpha value is -1.10. The van der Waals surface area contributed by atoms with Crippen LogP contribution in [0.15, 0.2) is 0 Å². The Morgan fingerprint density at radius 3 is 2.89 bits per heavy atom. The van der Waals surface area contributed by atoms with Gasteiger partial charge in [0.15, 0.2) is 0 Å². The number of rotatable bonds is 6. The molecule has 1 aliphatic heterocycles. The second kappa shape index (κ2) is 8.08. The van der Waals surface area contributed by atoms with E-state index in [1.807, 2.05) is 4.90 Å². The lowest BCUT2D eigenvalue weighted by Gasteiger charge is -2.32. The van der Waals surface area contributed by atoms with E-state index in [1.54, 1.807) is 7.11 Å². The largest absolute Gasteiger partial charge is 0.385 e. The molecule has 0 radical (unpaired) electrons. The smallest absolute Gasteiger partial charge is 0.224 e. The van der Waals surface area contributed by atoms with Gasteiger partial charge in [-0.15, -0.1) is 0 Å². The third-order valence-corrected chi connectivity index (χ3v) is 3.31. The molecule has 0 aliphatic carbocycles. The molecule has 0 saturated carbocycles. The van der Waals surface area contributed by atoms with E-state index in [-0.39, 0.29) is 11.8 Å². The van der Waals surface area contributed by atoms with Crippen molar-refractivity contribution in [2.45, 2.75) is 32.6 Å². The lowest BCUT2D eigenvalue weighted by molar-refractivity contribution is -0.133. The first-order valence-electron chi connectivity index (χ1n) is 6.64. The Labute approximate surface area is 109 Å². The second-order valence-electron chi connectivity index (χ2n) is 4.86. The zero-order valence-electron chi connectivity index (χ0n) is 11.4. The number of likely N-dealkylation sites (tertiary alicyclic amines) is 1. The van der Waals surface area contributed by atoms with Crippen molar-refractivity contribution in [3.05, 3.63) is 0 Å². The van der Waals surface area contributed by atoms with Crippen molar-refractivity contribution < 1.29 is 14.3 Å². The van der Waals surface area contributed by atoms with Crippen LogP contribution in [0.1, 0.15) is 32.6 Å². The molecular weight excluding hydrogens is 232 g/mol. The summed E-state index contributed by atoms with van der Waals surface area (Å²) in [5, 5.41) is 2.65. The average Bonchev–Trinajstić information content (AvgIpc) is 2.36. The third kappa shape index (κ3) is 5.49. The average molecular weight is 256 g/mol. The number of hydrogen-bond donors (Lipinski definition) is 1. The molecule has 0 aromatic heterocycles. The van der Waals surface area contributed by atoms with Gasteiger partial charge in [0.1, 0.15) is 0 Å². The molecule has 1 N–H and O–H groups in total. The summed E-state index contributed by atoms with van der Waals surface area (Å²) in [5.74, 6) is 0.619. The van der Waals surface area contributed by atoms with E-state index in [1.165, 1.54) is 13.3 Å². The van der Waals surface area contributed by atoms with E-state index in [4.69, 9.17) is 4.74 Å². The molecule has 2 amide bonds. The molecule has 104 valence electrons. The van der Waals surface area contributed by atoms with Crippen LogP contribution in [-0.4, -0.2) is 50.1 Å². The molecule has 0 aromatic rings. The highest BCUT2D eigenvalue weighted by molar-refractivity contribution is 5.78. The number of methoxy groups -OCH3 is 1. The van der Waals surface area contributed by atoms with Crippen molar-refractivity contribution in [2.24, 2.45) is 5.92 Å². The zero-order valence-corrected chi connectivity index (χ0v) is 11.4. The van der Waals surface area contributed by atoms with Crippen molar-refractivity contribution in [2.75, 3.05) is 33.4 Å². The van der Waals surface area contributed by atoms with Crippen LogP contribution in [-0.2, 0) is 14.3 Å². The van der Waals surface area contributed by atoms with Crippen molar-refractivity contribution in [3.8, 4) is 0 Å². The van der Waals surface area contributed by atoms with E-state index in [2.05, 4.69) is 5.32 Å². The summed E-state index contributed by atoms with van der Waals surface area (Å²) in [6.45, 7) is 4.35. The molecule has 5 nitrogen and oxygen atoms in total. The topological polar surface area (TPSA) is 58.6 Å². The fraction of sp³-hybridized carbons (Fsp3) is 0.846. The highest BCUT2D eigenvalue weighted by atomic mass is 16.5. The number of carbonyl (C=O) groups is 2. The lowest BCUT2D eigenvalue weighted by Crippen LogP contribution is -2.41. The first kappa shape index (κ1) is 15.0. The Morgan fingerprint density at radius 2 is 2.22 bits per heavy atom. The van der Waals surface area contributed by atoms with Crippen LogP contribution in [0.3, 0.4) is 0 Å². The van der Waals surface area contributed by atoms with Gasteiger partial charge < -0.3 is 15.0 Å². The molecule has 1 fully saturated rings. The minimum absolute atomic E-state index is 0.0839. The Balaban J connectivity index is 2.27. The molecule has 1 atom stereocenters. The van der Waals surface area contributed by atoms with Crippen molar-refractivity contribution in [3.63, 3.8) is 0 Å². The fourth-order valence-electron chi connectivity index (χ4n) is 2.32. The van der Waals surface area contributed by atoms with Gasteiger partial charge in [0.25, 0.3) is 0 Å². The summed E-state index contributed by atoms with van der Waals surface area (Å²) in [7, 11) is 1.71. The first-order valence-corrected chi connectivity index (χ1v) is 6.64. The fourth-order valence-corrected chi connectivity index (χ4v) is 2.32. The maximum atomic E-state index is 11.9. The summed E-state index contributed by atoms with van der Waals surface area (Å²) in [6.07, 6.45) is 3.67. The first-order chi connectivity index (χ1) is 8.63. The van der Waals surface area contributed by atoms with E-state index in [9.17, 15) is 9.59 Å². The number of piperidine rings is 1. The quantitative estimate of drug-likeness (QED) is 0.764.